The lowest BCUT2D eigenvalue weighted by Gasteiger charge is -2.12. The van der Waals surface area contributed by atoms with Crippen LogP contribution in [0.4, 0.5) is 0 Å². The second kappa shape index (κ2) is 5.18. The predicted octanol–water partition coefficient (Wildman–Crippen LogP) is 2.91. The molecule has 0 spiro atoms. The van der Waals surface area contributed by atoms with Crippen LogP contribution in [0, 0.1) is 22.7 Å². The van der Waals surface area contributed by atoms with Crippen LogP contribution in [0.15, 0.2) is 29.7 Å². The standard InChI is InChI=1S/C12H7Cl2N3O/c13-8-2-1-3-9(14)11(8)10-6-17-12(18-10)7(4-15)5-16/h1-3,10,17H,6H2. The Bertz CT molecular complexity index is 562. The van der Waals surface area contributed by atoms with Crippen LogP contribution in [-0.2, 0) is 4.74 Å². The summed E-state index contributed by atoms with van der Waals surface area (Å²) in [6.07, 6.45) is -0.405. The lowest BCUT2D eigenvalue weighted by atomic mass is 10.1. The van der Waals surface area contributed by atoms with Gasteiger partial charge in [-0.1, -0.05) is 29.3 Å². The monoisotopic (exact) mass is 279 g/mol. The van der Waals surface area contributed by atoms with Crippen LogP contribution in [0.25, 0.3) is 0 Å². The molecule has 6 heteroatoms. The summed E-state index contributed by atoms with van der Waals surface area (Å²) in [5, 5.41) is 21.3. The van der Waals surface area contributed by atoms with E-state index in [1.54, 1.807) is 30.3 Å². The number of allylic oxidation sites excluding steroid dienone is 1. The van der Waals surface area contributed by atoms with Crippen LogP contribution < -0.4 is 5.32 Å². The molecule has 1 aromatic rings. The first-order valence-corrected chi connectivity index (χ1v) is 5.82. The van der Waals surface area contributed by atoms with Gasteiger partial charge in [0.2, 0.25) is 5.88 Å². The molecule has 0 radical (unpaired) electrons. The van der Waals surface area contributed by atoms with E-state index in [9.17, 15) is 0 Å². The molecule has 1 aliphatic rings. The Morgan fingerprint density at radius 3 is 2.44 bits per heavy atom. The van der Waals surface area contributed by atoms with Gasteiger partial charge in [-0.3, -0.25) is 0 Å². The maximum Gasteiger partial charge on any atom is 0.217 e. The Morgan fingerprint density at radius 2 is 1.89 bits per heavy atom. The van der Waals surface area contributed by atoms with Gasteiger partial charge in [0.25, 0.3) is 0 Å². The second-order valence-corrected chi connectivity index (χ2v) is 4.36. The smallest absolute Gasteiger partial charge is 0.217 e. The molecule has 1 aliphatic heterocycles. The quantitative estimate of drug-likeness (QED) is 0.803. The highest BCUT2D eigenvalue weighted by atomic mass is 35.5. The van der Waals surface area contributed by atoms with Crippen molar-refractivity contribution in [3.8, 4) is 12.1 Å². The molecule has 1 heterocycles. The van der Waals surface area contributed by atoms with E-state index in [2.05, 4.69) is 5.32 Å². The zero-order valence-corrected chi connectivity index (χ0v) is 10.6. The molecule has 0 bridgehead atoms. The van der Waals surface area contributed by atoms with Crippen molar-refractivity contribution in [3.63, 3.8) is 0 Å². The van der Waals surface area contributed by atoms with E-state index in [0.717, 1.165) is 0 Å². The van der Waals surface area contributed by atoms with Crippen molar-refractivity contribution >= 4 is 23.2 Å². The number of hydrogen-bond acceptors (Lipinski definition) is 4. The highest BCUT2D eigenvalue weighted by Gasteiger charge is 2.28. The fourth-order valence-electron chi connectivity index (χ4n) is 1.66. The normalized spacial score (nSPS) is 17.3. The van der Waals surface area contributed by atoms with Gasteiger partial charge in [0.15, 0.2) is 5.57 Å². The minimum atomic E-state index is -0.405. The lowest BCUT2D eigenvalue weighted by molar-refractivity contribution is 0.169. The third-order valence-electron chi connectivity index (χ3n) is 2.48. The summed E-state index contributed by atoms with van der Waals surface area (Å²) >= 11 is 12.1. The summed E-state index contributed by atoms with van der Waals surface area (Å²) in [6.45, 7) is 0.408. The molecule has 90 valence electrons. The van der Waals surface area contributed by atoms with E-state index in [0.29, 0.717) is 22.2 Å². The first kappa shape index (κ1) is 12.6. The molecule has 0 amide bonds. The SMILES string of the molecule is N#CC(C#N)=C1NCC(c2c(Cl)cccc2Cl)O1. The molecule has 1 saturated heterocycles. The molecule has 2 rings (SSSR count). The Hall–Kier alpha value is -1.88. The third-order valence-corrected chi connectivity index (χ3v) is 3.14. The molecular formula is C12H7Cl2N3O. The molecule has 1 atom stereocenters. The first-order valence-electron chi connectivity index (χ1n) is 5.06. The summed E-state index contributed by atoms with van der Waals surface area (Å²) < 4.78 is 5.51. The van der Waals surface area contributed by atoms with Crippen LogP contribution in [0.3, 0.4) is 0 Å². The van der Waals surface area contributed by atoms with Crippen LogP contribution in [0.1, 0.15) is 11.7 Å². The second-order valence-electron chi connectivity index (χ2n) is 3.55. The fraction of sp³-hybridized carbons (Fsp3) is 0.167. The van der Waals surface area contributed by atoms with Gasteiger partial charge in [0, 0.05) is 15.6 Å². The van der Waals surface area contributed by atoms with Crippen molar-refractivity contribution in [2.24, 2.45) is 0 Å². The minimum absolute atomic E-state index is 0.0966. The maximum atomic E-state index is 8.75. The largest absolute Gasteiger partial charge is 0.468 e. The van der Waals surface area contributed by atoms with Crippen molar-refractivity contribution in [2.45, 2.75) is 6.10 Å². The molecule has 0 saturated carbocycles. The number of ether oxygens (including phenoxy) is 1. The van der Waals surface area contributed by atoms with Crippen molar-refractivity contribution in [1.82, 2.24) is 5.32 Å². The van der Waals surface area contributed by atoms with Gasteiger partial charge in [-0.2, -0.15) is 10.5 Å². The van der Waals surface area contributed by atoms with Gasteiger partial charge >= 0.3 is 0 Å². The summed E-state index contributed by atoms with van der Waals surface area (Å²) in [7, 11) is 0. The van der Waals surface area contributed by atoms with E-state index < -0.39 is 6.10 Å². The van der Waals surface area contributed by atoms with Crippen molar-refractivity contribution in [3.05, 3.63) is 45.3 Å². The number of nitrogens with zero attached hydrogens (tertiary/aromatic N) is 2. The average molecular weight is 280 g/mol. The van der Waals surface area contributed by atoms with E-state index in [1.807, 2.05) is 0 Å². The van der Waals surface area contributed by atoms with Gasteiger partial charge in [-0.25, -0.2) is 0 Å². The summed E-state index contributed by atoms with van der Waals surface area (Å²) in [6, 6.07) is 8.68. The molecule has 1 aromatic carbocycles. The van der Waals surface area contributed by atoms with Gasteiger partial charge in [0.1, 0.15) is 18.2 Å². The zero-order chi connectivity index (χ0) is 13.1. The number of halogens is 2. The van der Waals surface area contributed by atoms with Crippen molar-refractivity contribution < 1.29 is 4.74 Å². The molecule has 0 aromatic heterocycles. The highest BCUT2D eigenvalue weighted by molar-refractivity contribution is 6.36. The van der Waals surface area contributed by atoms with E-state index in [4.69, 9.17) is 38.5 Å². The zero-order valence-electron chi connectivity index (χ0n) is 9.08. The summed E-state index contributed by atoms with van der Waals surface area (Å²) in [4.78, 5) is 0. The molecule has 1 fully saturated rings. The molecule has 1 unspecified atom stereocenters. The topological polar surface area (TPSA) is 68.8 Å². The van der Waals surface area contributed by atoms with Crippen LogP contribution in [0.2, 0.25) is 10.0 Å². The fourth-order valence-corrected chi connectivity index (χ4v) is 2.30. The van der Waals surface area contributed by atoms with Crippen molar-refractivity contribution in [2.75, 3.05) is 6.54 Å². The van der Waals surface area contributed by atoms with Gasteiger partial charge in [-0.15, -0.1) is 0 Å². The minimum Gasteiger partial charge on any atom is -0.468 e. The Balaban J connectivity index is 2.33. The predicted molar refractivity (Wildman–Crippen MR) is 66.5 cm³/mol. The summed E-state index contributed by atoms with van der Waals surface area (Å²) in [5.41, 5.74) is 0.555. The molecular weight excluding hydrogens is 273 g/mol. The number of rotatable bonds is 1. The molecule has 0 aliphatic carbocycles. The first-order chi connectivity index (χ1) is 8.67. The molecule has 1 N–H and O–H groups in total. The van der Waals surface area contributed by atoms with Gasteiger partial charge in [0.05, 0.1) is 6.54 Å². The number of nitrogens with one attached hydrogen (secondary N) is 1. The van der Waals surface area contributed by atoms with Crippen LogP contribution in [-0.4, -0.2) is 6.54 Å². The Kier molecular flexibility index (Phi) is 3.62. The number of hydrogen-bond donors (Lipinski definition) is 1. The maximum absolute atomic E-state index is 8.75. The van der Waals surface area contributed by atoms with Crippen molar-refractivity contribution in [1.29, 1.82) is 10.5 Å². The average Bonchev–Trinajstić information content (AvgIpc) is 2.80. The van der Waals surface area contributed by atoms with Crippen LogP contribution >= 0.6 is 23.2 Å². The van der Waals surface area contributed by atoms with E-state index in [-0.39, 0.29) is 11.5 Å². The third kappa shape index (κ3) is 2.22. The lowest BCUT2D eigenvalue weighted by Crippen LogP contribution is -2.09. The highest BCUT2D eigenvalue weighted by Crippen LogP contribution is 2.35. The van der Waals surface area contributed by atoms with Crippen LogP contribution in [0.5, 0.6) is 0 Å². The van der Waals surface area contributed by atoms with E-state index in [1.165, 1.54) is 0 Å². The molecule has 4 nitrogen and oxygen atoms in total. The molecule has 18 heavy (non-hydrogen) atoms. The number of nitriles is 2. The number of benzene rings is 1. The van der Waals surface area contributed by atoms with Gasteiger partial charge < -0.3 is 10.1 Å². The Morgan fingerprint density at radius 1 is 1.28 bits per heavy atom. The van der Waals surface area contributed by atoms with E-state index >= 15 is 0 Å². The van der Waals surface area contributed by atoms with Gasteiger partial charge in [-0.05, 0) is 12.1 Å². The Labute approximate surface area is 114 Å². The summed E-state index contributed by atoms with van der Waals surface area (Å²) in [5.74, 6) is 0.168.